The van der Waals surface area contributed by atoms with E-state index in [-0.39, 0.29) is 18.5 Å². The van der Waals surface area contributed by atoms with Gasteiger partial charge in [0.15, 0.2) is 5.96 Å². The lowest BCUT2D eigenvalue weighted by molar-refractivity contribution is -0.114. The monoisotopic (exact) mass is 440 g/mol. The minimum absolute atomic E-state index is 0.0320. The van der Waals surface area contributed by atoms with Gasteiger partial charge in [-0.2, -0.15) is 0 Å². The van der Waals surface area contributed by atoms with Crippen molar-refractivity contribution >= 4 is 17.6 Å². The number of ether oxygens (including phenoxy) is 2. The standard InChI is InChI=1S/C23H32N6O3/c1-4-25-23(26-14-22(30)27-18-6-5-8-24-13-18)28-19-7-9-29(16-19)15-17-10-20(31-2)12-21(11-17)32-3/h5-6,8,10-13,19H,4,7,9,14-16H2,1-3H3,(H,27,30)(H2,25,26,28). The van der Waals surface area contributed by atoms with Crippen LogP contribution in [0.25, 0.3) is 0 Å². The molecule has 2 aromatic rings. The molecule has 1 amide bonds. The van der Waals surface area contributed by atoms with Crippen LogP contribution in [0, 0.1) is 0 Å². The molecule has 3 rings (SSSR count). The first-order valence-electron chi connectivity index (χ1n) is 10.8. The molecule has 0 radical (unpaired) electrons. The molecule has 2 heterocycles. The summed E-state index contributed by atoms with van der Waals surface area (Å²) in [5.74, 6) is 2.04. The van der Waals surface area contributed by atoms with Gasteiger partial charge in [0.1, 0.15) is 18.0 Å². The fourth-order valence-electron chi connectivity index (χ4n) is 3.61. The first-order valence-corrected chi connectivity index (χ1v) is 10.8. The minimum atomic E-state index is -0.185. The number of aliphatic imine (C=N–C) groups is 1. The Morgan fingerprint density at radius 1 is 1.25 bits per heavy atom. The van der Waals surface area contributed by atoms with Gasteiger partial charge < -0.3 is 25.4 Å². The molecule has 1 saturated heterocycles. The second kappa shape index (κ2) is 11.9. The molecule has 3 N–H and O–H groups in total. The fourth-order valence-corrected chi connectivity index (χ4v) is 3.61. The summed E-state index contributed by atoms with van der Waals surface area (Å²) in [5, 5.41) is 9.46. The van der Waals surface area contributed by atoms with Gasteiger partial charge in [0.25, 0.3) is 0 Å². The molecule has 1 fully saturated rings. The third kappa shape index (κ3) is 7.12. The van der Waals surface area contributed by atoms with Gasteiger partial charge >= 0.3 is 0 Å². The quantitative estimate of drug-likeness (QED) is 0.404. The van der Waals surface area contributed by atoms with Crippen molar-refractivity contribution in [1.29, 1.82) is 0 Å². The smallest absolute Gasteiger partial charge is 0.246 e. The number of nitrogens with zero attached hydrogens (tertiary/aromatic N) is 3. The first kappa shape index (κ1) is 23.3. The van der Waals surface area contributed by atoms with Crippen LogP contribution in [0.15, 0.2) is 47.7 Å². The lowest BCUT2D eigenvalue weighted by Gasteiger charge is -2.19. The molecule has 172 valence electrons. The second-order valence-corrected chi connectivity index (χ2v) is 7.57. The summed E-state index contributed by atoms with van der Waals surface area (Å²) < 4.78 is 10.8. The molecule has 0 spiro atoms. The molecule has 1 aromatic heterocycles. The Balaban J connectivity index is 1.52. The Hall–Kier alpha value is -3.33. The lowest BCUT2D eigenvalue weighted by atomic mass is 10.2. The minimum Gasteiger partial charge on any atom is -0.497 e. The predicted molar refractivity (Wildman–Crippen MR) is 125 cm³/mol. The summed E-state index contributed by atoms with van der Waals surface area (Å²) in [7, 11) is 3.32. The van der Waals surface area contributed by atoms with E-state index in [9.17, 15) is 4.79 Å². The van der Waals surface area contributed by atoms with Crippen molar-refractivity contribution < 1.29 is 14.3 Å². The maximum absolute atomic E-state index is 12.2. The Kier molecular flexibility index (Phi) is 8.68. The van der Waals surface area contributed by atoms with Gasteiger partial charge in [-0.05, 0) is 43.2 Å². The highest BCUT2D eigenvalue weighted by Gasteiger charge is 2.23. The van der Waals surface area contributed by atoms with Crippen molar-refractivity contribution in [3.63, 3.8) is 0 Å². The highest BCUT2D eigenvalue weighted by molar-refractivity contribution is 5.93. The van der Waals surface area contributed by atoms with Crippen molar-refractivity contribution in [2.24, 2.45) is 4.99 Å². The van der Waals surface area contributed by atoms with Crippen LogP contribution < -0.4 is 25.4 Å². The number of carbonyl (C=O) groups excluding carboxylic acids is 1. The van der Waals surface area contributed by atoms with Gasteiger partial charge in [-0.3, -0.25) is 14.7 Å². The van der Waals surface area contributed by atoms with E-state index in [0.29, 0.717) is 11.6 Å². The number of aromatic nitrogens is 1. The number of amides is 1. The van der Waals surface area contributed by atoms with Gasteiger partial charge in [-0.1, -0.05) is 0 Å². The number of pyridine rings is 1. The summed E-state index contributed by atoms with van der Waals surface area (Å²) in [6.07, 6.45) is 4.26. The molecule has 32 heavy (non-hydrogen) atoms. The Morgan fingerprint density at radius 3 is 2.69 bits per heavy atom. The number of rotatable bonds is 9. The van der Waals surface area contributed by atoms with Crippen molar-refractivity contribution in [2.45, 2.75) is 25.9 Å². The molecule has 0 aliphatic carbocycles. The van der Waals surface area contributed by atoms with Crippen molar-refractivity contribution in [3.05, 3.63) is 48.3 Å². The number of likely N-dealkylation sites (tertiary alicyclic amines) is 1. The molecular weight excluding hydrogens is 408 g/mol. The molecule has 1 unspecified atom stereocenters. The Morgan fingerprint density at radius 2 is 2.03 bits per heavy atom. The van der Waals surface area contributed by atoms with Crippen LogP contribution in [0.5, 0.6) is 11.5 Å². The average molecular weight is 441 g/mol. The summed E-state index contributed by atoms with van der Waals surface area (Å²) in [6.45, 7) is 5.42. The van der Waals surface area contributed by atoms with Crippen molar-refractivity contribution in [2.75, 3.05) is 45.7 Å². The molecule has 0 saturated carbocycles. The molecule has 1 aromatic carbocycles. The number of guanidine groups is 1. The number of benzene rings is 1. The third-order valence-corrected chi connectivity index (χ3v) is 5.10. The van der Waals surface area contributed by atoms with E-state index in [0.717, 1.165) is 49.7 Å². The number of anilines is 1. The zero-order valence-electron chi connectivity index (χ0n) is 18.9. The van der Waals surface area contributed by atoms with Crippen LogP contribution >= 0.6 is 0 Å². The molecule has 0 bridgehead atoms. The summed E-state index contributed by atoms with van der Waals surface area (Å²) >= 11 is 0. The second-order valence-electron chi connectivity index (χ2n) is 7.57. The van der Waals surface area contributed by atoms with Crippen LogP contribution in [0.2, 0.25) is 0 Å². The zero-order chi connectivity index (χ0) is 22.8. The van der Waals surface area contributed by atoms with E-state index in [2.05, 4.69) is 30.8 Å². The largest absolute Gasteiger partial charge is 0.497 e. The normalized spacial score (nSPS) is 16.5. The number of hydrogen-bond acceptors (Lipinski definition) is 6. The number of methoxy groups -OCH3 is 2. The molecule has 1 aliphatic heterocycles. The first-order chi connectivity index (χ1) is 15.6. The number of carbonyl (C=O) groups is 1. The van der Waals surface area contributed by atoms with Gasteiger partial charge in [0.05, 0.1) is 26.1 Å². The summed E-state index contributed by atoms with van der Waals surface area (Å²) in [4.78, 5) is 23.0. The number of nitrogens with one attached hydrogen (secondary N) is 3. The van der Waals surface area contributed by atoms with Crippen LogP contribution in [0.3, 0.4) is 0 Å². The molecule has 1 aliphatic rings. The van der Waals surface area contributed by atoms with Crippen molar-refractivity contribution in [1.82, 2.24) is 20.5 Å². The highest BCUT2D eigenvalue weighted by Crippen LogP contribution is 2.24. The SMILES string of the molecule is CCNC(=NCC(=O)Nc1cccnc1)NC1CCN(Cc2cc(OC)cc(OC)c2)C1. The molecule has 9 nitrogen and oxygen atoms in total. The van der Waals surface area contributed by atoms with E-state index in [1.165, 1.54) is 0 Å². The molecule has 9 heteroatoms. The van der Waals surface area contributed by atoms with E-state index in [1.54, 1.807) is 38.7 Å². The van der Waals surface area contributed by atoms with Crippen LogP contribution in [-0.4, -0.2) is 68.2 Å². The van der Waals surface area contributed by atoms with E-state index in [1.807, 2.05) is 25.1 Å². The van der Waals surface area contributed by atoms with Crippen molar-refractivity contribution in [3.8, 4) is 11.5 Å². The van der Waals surface area contributed by atoms with Crippen LogP contribution in [0.1, 0.15) is 18.9 Å². The van der Waals surface area contributed by atoms with Gasteiger partial charge in [0.2, 0.25) is 5.91 Å². The van der Waals surface area contributed by atoms with Crippen LogP contribution in [0.4, 0.5) is 5.69 Å². The Bertz CT molecular complexity index is 884. The average Bonchev–Trinajstić information content (AvgIpc) is 3.24. The van der Waals surface area contributed by atoms with Crippen LogP contribution in [-0.2, 0) is 11.3 Å². The van der Waals surface area contributed by atoms with E-state index >= 15 is 0 Å². The van der Waals surface area contributed by atoms with E-state index < -0.39 is 0 Å². The van der Waals surface area contributed by atoms with Gasteiger partial charge in [0, 0.05) is 44.5 Å². The summed E-state index contributed by atoms with van der Waals surface area (Å²) in [6, 6.07) is 9.77. The predicted octanol–water partition coefficient (Wildman–Crippen LogP) is 1.87. The van der Waals surface area contributed by atoms with Gasteiger partial charge in [-0.25, -0.2) is 4.99 Å². The summed E-state index contributed by atoms with van der Waals surface area (Å²) in [5.41, 5.74) is 1.81. The molecular formula is C23H32N6O3. The van der Waals surface area contributed by atoms with E-state index in [4.69, 9.17) is 9.47 Å². The van der Waals surface area contributed by atoms with Gasteiger partial charge in [-0.15, -0.1) is 0 Å². The maximum atomic E-state index is 12.2. The topological polar surface area (TPSA) is 100 Å². The Labute approximate surface area is 189 Å². The zero-order valence-corrected chi connectivity index (χ0v) is 18.9. The third-order valence-electron chi connectivity index (χ3n) is 5.10. The highest BCUT2D eigenvalue weighted by atomic mass is 16.5. The lowest BCUT2D eigenvalue weighted by Crippen LogP contribution is -2.45. The number of hydrogen-bond donors (Lipinski definition) is 3. The fraction of sp³-hybridized carbons (Fsp3) is 0.435. The molecule has 1 atom stereocenters. The maximum Gasteiger partial charge on any atom is 0.246 e.